The molecule has 1 unspecified atom stereocenters. The van der Waals surface area contributed by atoms with Gasteiger partial charge in [0.25, 0.3) is 0 Å². The topological polar surface area (TPSA) is 29.5 Å². The predicted molar refractivity (Wildman–Crippen MR) is 85.1 cm³/mol. The number of rotatable bonds is 7. The van der Waals surface area contributed by atoms with Gasteiger partial charge in [-0.2, -0.15) is 0 Å². The third-order valence-corrected chi connectivity index (χ3v) is 4.46. The molecule has 0 aromatic heterocycles. The lowest BCUT2D eigenvalue weighted by atomic mass is 9.93. The number of nitrogens with zero attached hydrogens (tertiary/aromatic N) is 1. The van der Waals surface area contributed by atoms with Crippen molar-refractivity contribution < 1.29 is 18.3 Å². The molecule has 1 saturated heterocycles. The summed E-state index contributed by atoms with van der Waals surface area (Å²) in [6.45, 7) is 2.33. The van der Waals surface area contributed by atoms with E-state index in [0.29, 0.717) is 17.9 Å². The van der Waals surface area contributed by atoms with Crippen LogP contribution in [0.25, 0.3) is 0 Å². The molecule has 0 bridgehead atoms. The summed E-state index contributed by atoms with van der Waals surface area (Å²) in [4.78, 5) is 14.2. The van der Waals surface area contributed by atoms with Gasteiger partial charge >= 0.3 is 0 Å². The van der Waals surface area contributed by atoms with Crippen LogP contribution in [0, 0.1) is 17.6 Å². The summed E-state index contributed by atoms with van der Waals surface area (Å²) in [6, 6.07) is 3.52. The lowest BCUT2D eigenvalue weighted by molar-refractivity contribution is -0.133. The lowest BCUT2D eigenvalue weighted by Gasteiger charge is -2.33. The van der Waals surface area contributed by atoms with E-state index < -0.39 is 11.6 Å². The number of carbonyl (C=O) groups is 1. The second-order valence-corrected chi connectivity index (χ2v) is 6.22. The third kappa shape index (κ3) is 5.57. The maximum absolute atomic E-state index is 13.6. The largest absolute Gasteiger partial charge is 0.385 e. The number of likely N-dealkylation sites (tertiary alicyclic amines) is 1. The van der Waals surface area contributed by atoms with Crippen molar-refractivity contribution in [3.05, 3.63) is 35.4 Å². The average Bonchev–Trinajstić information content (AvgIpc) is 2.54. The highest BCUT2D eigenvalue weighted by Crippen LogP contribution is 2.22. The molecule has 0 aliphatic carbocycles. The molecule has 0 saturated carbocycles. The number of piperidine rings is 1. The van der Waals surface area contributed by atoms with Crippen LogP contribution < -0.4 is 0 Å². The number of hydrogen-bond acceptors (Lipinski definition) is 2. The standard InChI is InChI=1S/C18H25F2NO2/c1-23-11-3-5-14-4-2-10-21(13-14)18(22)9-7-15-6-8-16(19)12-17(15)20/h6,8,12,14H,2-5,7,9-11,13H2,1H3. The Hall–Kier alpha value is -1.49. The molecule has 0 N–H and O–H groups in total. The smallest absolute Gasteiger partial charge is 0.222 e. The average molecular weight is 325 g/mol. The van der Waals surface area contributed by atoms with Crippen LogP contribution >= 0.6 is 0 Å². The van der Waals surface area contributed by atoms with E-state index in [-0.39, 0.29) is 12.3 Å². The second kappa shape index (κ2) is 8.96. The van der Waals surface area contributed by atoms with E-state index in [1.54, 1.807) is 7.11 Å². The van der Waals surface area contributed by atoms with Crippen molar-refractivity contribution in [3.8, 4) is 0 Å². The van der Waals surface area contributed by atoms with Crippen molar-refractivity contribution in [2.24, 2.45) is 5.92 Å². The molecule has 1 atom stereocenters. The molecule has 5 heteroatoms. The van der Waals surface area contributed by atoms with Gasteiger partial charge in [0.2, 0.25) is 5.91 Å². The number of benzene rings is 1. The number of hydrogen-bond donors (Lipinski definition) is 0. The summed E-state index contributed by atoms with van der Waals surface area (Å²) in [7, 11) is 1.70. The van der Waals surface area contributed by atoms with Crippen LogP contribution in [0.1, 0.15) is 37.7 Å². The van der Waals surface area contributed by atoms with E-state index in [0.717, 1.165) is 51.4 Å². The number of halogens is 2. The zero-order valence-electron chi connectivity index (χ0n) is 13.7. The van der Waals surface area contributed by atoms with Gasteiger partial charge in [0.15, 0.2) is 0 Å². The Bertz CT molecular complexity index is 522. The van der Waals surface area contributed by atoms with Gasteiger partial charge in [0.05, 0.1) is 0 Å². The minimum Gasteiger partial charge on any atom is -0.385 e. The van der Waals surface area contributed by atoms with Gasteiger partial charge in [-0.05, 0) is 49.7 Å². The molecule has 1 aromatic carbocycles. The third-order valence-electron chi connectivity index (χ3n) is 4.46. The number of carbonyl (C=O) groups excluding carboxylic acids is 1. The van der Waals surface area contributed by atoms with E-state index in [9.17, 15) is 13.6 Å². The van der Waals surface area contributed by atoms with E-state index >= 15 is 0 Å². The van der Waals surface area contributed by atoms with E-state index in [1.807, 2.05) is 4.90 Å². The minimum atomic E-state index is -0.590. The first-order valence-electron chi connectivity index (χ1n) is 8.30. The maximum atomic E-state index is 13.6. The van der Waals surface area contributed by atoms with Crippen LogP contribution in [0.5, 0.6) is 0 Å². The molecule has 2 rings (SSSR count). The Morgan fingerprint density at radius 3 is 2.96 bits per heavy atom. The van der Waals surface area contributed by atoms with Gasteiger partial charge in [-0.15, -0.1) is 0 Å². The fourth-order valence-corrected chi connectivity index (χ4v) is 3.17. The predicted octanol–water partition coefficient (Wildman–Crippen LogP) is 3.56. The lowest BCUT2D eigenvalue weighted by Crippen LogP contribution is -2.40. The summed E-state index contributed by atoms with van der Waals surface area (Å²) < 4.78 is 31.6. The summed E-state index contributed by atoms with van der Waals surface area (Å²) in [6.07, 6.45) is 4.85. The summed E-state index contributed by atoms with van der Waals surface area (Å²) in [5.74, 6) is -0.572. The monoisotopic (exact) mass is 325 g/mol. The van der Waals surface area contributed by atoms with E-state index in [1.165, 1.54) is 12.1 Å². The van der Waals surface area contributed by atoms with Crippen molar-refractivity contribution in [1.82, 2.24) is 4.90 Å². The molecule has 0 radical (unpaired) electrons. The first-order chi connectivity index (χ1) is 11.1. The Labute approximate surface area is 136 Å². The minimum absolute atomic E-state index is 0.0603. The van der Waals surface area contributed by atoms with Crippen molar-refractivity contribution in [1.29, 1.82) is 0 Å². The summed E-state index contributed by atoms with van der Waals surface area (Å²) in [5.41, 5.74) is 0.397. The highest BCUT2D eigenvalue weighted by Gasteiger charge is 2.23. The van der Waals surface area contributed by atoms with Gasteiger partial charge in [-0.3, -0.25) is 4.79 Å². The molecular formula is C18H25F2NO2. The first-order valence-corrected chi connectivity index (χ1v) is 8.30. The molecule has 1 amide bonds. The van der Waals surface area contributed by atoms with Crippen LogP contribution in [0.2, 0.25) is 0 Å². The van der Waals surface area contributed by atoms with Crippen molar-refractivity contribution >= 4 is 5.91 Å². The molecule has 128 valence electrons. The maximum Gasteiger partial charge on any atom is 0.222 e. The van der Waals surface area contributed by atoms with Gasteiger partial charge < -0.3 is 9.64 Å². The van der Waals surface area contributed by atoms with Crippen molar-refractivity contribution in [2.75, 3.05) is 26.8 Å². The van der Waals surface area contributed by atoms with Gasteiger partial charge in [0.1, 0.15) is 11.6 Å². The molecule has 1 aliphatic heterocycles. The quantitative estimate of drug-likeness (QED) is 0.717. The molecule has 0 spiro atoms. The van der Waals surface area contributed by atoms with E-state index in [4.69, 9.17) is 4.74 Å². The van der Waals surface area contributed by atoms with Gasteiger partial charge in [-0.1, -0.05) is 6.07 Å². The Morgan fingerprint density at radius 1 is 1.39 bits per heavy atom. The number of methoxy groups -OCH3 is 1. The summed E-state index contributed by atoms with van der Waals surface area (Å²) in [5, 5.41) is 0. The zero-order valence-corrected chi connectivity index (χ0v) is 13.7. The fraction of sp³-hybridized carbons (Fsp3) is 0.611. The van der Waals surface area contributed by atoms with E-state index in [2.05, 4.69) is 0 Å². The van der Waals surface area contributed by atoms with Gasteiger partial charge in [-0.25, -0.2) is 8.78 Å². The Balaban J connectivity index is 1.80. The van der Waals surface area contributed by atoms with Gasteiger partial charge in [0, 0.05) is 39.3 Å². The van der Waals surface area contributed by atoms with Crippen LogP contribution in [0.4, 0.5) is 8.78 Å². The molecule has 1 fully saturated rings. The van der Waals surface area contributed by atoms with Crippen molar-refractivity contribution in [3.63, 3.8) is 0 Å². The molecule has 3 nitrogen and oxygen atoms in total. The number of aryl methyl sites for hydroxylation is 1. The number of amides is 1. The zero-order chi connectivity index (χ0) is 16.7. The number of ether oxygens (including phenoxy) is 1. The van der Waals surface area contributed by atoms with Crippen LogP contribution in [-0.4, -0.2) is 37.6 Å². The molecule has 1 aromatic rings. The van der Waals surface area contributed by atoms with Crippen LogP contribution in [0.3, 0.4) is 0 Å². The fourth-order valence-electron chi connectivity index (χ4n) is 3.17. The highest BCUT2D eigenvalue weighted by atomic mass is 19.1. The summed E-state index contributed by atoms with van der Waals surface area (Å²) >= 11 is 0. The molecule has 1 heterocycles. The Morgan fingerprint density at radius 2 is 2.22 bits per heavy atom. The molecule has 23 heavy (non-hydrogen) atoms. The van der Waals surface area contributed by atoms with Crippen LogP contribution in [0.15, 0.2) is 18.2 Å². The molecular weight excluding hydrogens is 300 g/mol. The molecule has 1 aliphatic rings. The highest BCUT2D eigenvalue weighted by molar-refractivity contribution is 5.76. The normalized spacial score (nSPS) is 18.2. The van der Waals surface area contributed by atoms with Crippen LogP contribution in [-0.2, 0) is 16.0 Å². The van der Waals surface area contributed by atoms with Crippen molar-refractivity contribution in [2.45, 2.75) is 38.5 Å². The Kier molecular flexibility index (Phi) is 6.96. The SMILES string of the molecule is COCCCC1CCCN(C(=O)CCc2ccc(F)cc2F)C1. The second-order valence-electron chi connectivity index (χ2n) is 6.22. The first kappa shape index (κ1) is 17.9.